The van der Waals surface area contributed by atoms with Crippen LogP contribution in [0.15, 0.2) is 54.6 Å². The van der Waals surface area contributed by atoms with Gasteiger partial charge in [-0.3, -0.25) is 14.4 Å². The van der Waals surface area contributed by atoms with Gasteiger partial charge in [0.2, 0.25) is 17.7 Å². The molecule has 0 bridgehead atoms. The average Bonchev–Trinajstić information content (AvgIpc) is 3.16. The Kier molecular flexibility index (Phi) is 7.24. The number of nitrogens with zero attached hydrogens (tertiary/aromatic N) is 3. The summed E-state index contributed by atoms with van der Waals surface area (Å²) in [5, 5.41) is 10.4. The second kappa shape index (κ2) is 10.2. The van der Waals surface area contributed by atoms with Crippen LogP contribution in [0.1, 0.15) is 40.5 Å². The van der Waals surface area contributed by atoms with E-state index in [2.05, 4.69) is 19.1 Å². The number of likely N-dealkylation sites (tertiary alicyclic amines) is 1. The van der Waals surface area contributed by atoms with Crippen LogP contribution in [-0.4, -0.2) is 80.4 Å². The van der Waals surface area contributed by atoms with Crippen molar-refractivity contribution in [2.75, 3.05) is 31.1 Å². The Bertz CT molecular complexity index is 1150. The number of hydrogen-bond donors (Lipinski definition) is 1. The van der Waals surface area contributed by atoms with Crippen molar-refractivity contribution in [2.24, 2.45) is 17.8 Å². The van der Waals surface area contributed by atoms with Gasteiger partial charge >= 0.3 is 0 Å². The van der Waals surface area contributed by atoms with Gasteiger partial charge in [0.05, 0.1) is 29.2 Å². The number of benzene rings is 1. The molecule has 8 heteroatoms. The number of aliphatic hydroxyl groups excluding tert-OH is 1. The number of anilines is 1. The third kappa shape index (κ3) is 4.02. The molecule has 1 unspecified atom stereocenters. The summed E-state index contributed by atoms with van der Waals surface area (Å²) in [4.78, 5) is 48.5. The first-order valence-corrected chi connectivity index (χ1v) is 14.7. The summed E-state index contributed by atoms with van der Waals surface area (Å²) in [6, 6.07) is 8.29. The van der Waals surface area contributed by atoms with E-state index in [0.29, 0.717) is 19.6 Å². The Labute approximate surface area is 229 Å². The Hall–Kier alpha value is -2.58. The van der Waals surface area contributed by atoms with E-state index in [4.69, 9.17) is 0 Å². The lowest BCUT2D eigenvalue weighted by Crippen LogP contribution is -2.58. The van der Waals surface area contributed by atoms with E-state index < -0.39 is 33.4 Å². The van der Waals surface area contributed by atoms with Crippen LogP contribution in [0.4, 0.5) is 5.69 Å². The van der Waals surface area contributed by atoms with Gasteiger partial charge in [-0.05, 0) is 31.4 Å². The van der Waals surface area contributed by atoms with Crippen molar-refractivity contribution >= 4 is 35.2 Å². The molecule has 204 valence electrons. The van der Waals surface area contributed by atoms with E-state index in [1.165, 1.54) is 0 Å². The van der Waals surface area contributed by atoms with E-state index in [-0.39, 0.29) is 30.2 Å². The van der Waals surface area contributed by atoms with Crippen LogP contribution in [-0.2, 0) is 14.4 Å². The number of carbonyl (C=O) groups excluding carboxylic acids is 3. The summed E-state index contributed by atoms with van der Waals surface area (Å²) in [7, 11) is 0. The Balaban J connectivity index is 1.65. The van der Waals surface area contributed by atoms with E-state index in [9.17, 15) is 19.5 Å². The lowest BCUT2D eigenvalue weighted by Gasteiger charge is -2.41. The minimum Gasteiger partial charge on any atom is -0.394 e. The van der Waals surface area contributed by atoms with Gasteiger partial charge in [0.1, 0.15) is 6.04 Å². The molecule has 7 nitrogen and oxygen atoms in total. The second-order valence-corrected chi connectivity index (χ2v) is 13.3. The third-order valence-electron chi connectivity index (χ3n) is 8.74. The molecule has 5 rings (SSSR count). The number of para-hydroxylation sites is 1. The van der Waals surface area contributed by atoms with Crippen molar-refractivity contribution in [1.29, 1.82) is 0 Å². The Morgan fingerprint density at radius 3 is 2.37 bits per heavy atom. The summed E-state index contributed by atoms with van der Waals surface area (Å²) in [5.41, 5.74) is 0.796. The highest BCUT2D eigenvalue weighted by molar-refractivity contribution is 8.02. The minimum atomic E-state index is -0.892. The molecule has 0 aromatic heterocycles. The van der Waals surface area contributed by atoms with Crippen molar-refractivity contribution in [3.8, 4) is 0 Å². The maximum absolute atomic E-state index is 14.5. The number of aliphatic hydroxyl groups is 1. The Morgan fingerprint density at radius 1 is 1.00 bits per heavy atom. The second-order valence-electron chi connectivity index (χ2n) is 11.5. The number of hydrogen-bond acceptors (Lipinski definition) is 5. The van der Waals surface area contributed by atoms with Crippen molar-refractivity contribution in [2.45, 2.75) is 62.1 Å². The molecule has 1 N–H and O–H groups in total. The summed E-state index contributed by atoms with van der Waals surface area (Å²) in [6.45, 7) is 9.38. The van der Waals surface area contributed by atoms with E-state index in [1.54, 1.807) is 21.6 Å². The lowest BCUT2D eigenvalue weighted by atomic mass is 9.74. The fourth-order valence-corrected chi connectivity index (χ4v) is 9.02. The van der Waals surface area contributed by atoms with Gasteiger partial charge in [0.15, 0.2) is 0 Å². The highest BCUT2D eigenvalue weighted by atomic mass is 32.2. The van der Waals surface area contributed by atoms with Crippen LogP contribution in [0.3, 0.4) is 0 Å². The van der Waals surface area contributed by atoms with Crippen molar-refractivity contribution in [3.63, 3.8) is 0 Å². The predicted octanol–water partition coefficient (Wildman–Crippen LogP) is 3.49. The fraction of sp³-hybridized carbons (Fsp3) is 0.567. The van der Waals surface area contributed by atoms with Gasteiger partial charge in [-0.1, -0.05) is 69.7 Å². The number of amides is 3. The smallest absolute Gasteiger partial charge is 0.247 e. The fourth-order valence-electron chi connectivity index (χ4n) is 6.88. The van der Waals surface area contributed by atoms with Gasteiger partial charge in [-0.15, -0.1) is 11.8 Å². The number of unbranched alkanes of at least 4 members (excludes halogenated alkanes) is 1. The van der Waals surface area contributed by atoms with Gasteiger partial charge in [0.25, 0.3) is 0 Å². The van der Waals surface area contributed by atoms with Crippen LogP contribution in [0, 0.1) is 17.8 Å². The molecule has 0 aliphatic carbocycles. The summed E-state index contributed by atoms with van der Waals surface area (Å²) in [6.07, 6.45) is 10.0. The largest absolute Gasteiger partial charge is 0.394 e. The minimum absolute atomic E-state index is 0.0501. The summed E-state index contributed by atoms with van der Waals surface area (Å²) >= 11 is 1.59. The van der Waals surface area contributed by atoms with Crippen molar-refractivity contribution in [3.05, 3.63) is 54.6 Å². The monoisotopic (exact) mass is 537 g/mol. The number of fused-ring (bicyclic) bond motifs is 2. The van der Waals surface area contributed by atoms with Gasteiger partial charge in [0, 0.05) is 30.1 Å². The zero-order valence-corrected chi connectivity index (χ0v) is 23.6. The first-order valence-electron chi connectivity index (χ1n) is 13.8. The molecule has 4 aliphatic rings. The maximum atomic E-state index is 14.5. The van der Waals surface area contributed by atoms with Gasteiger partial charge in [-0.25, -0.2) is 0 Å². The normalized spacial score (nSPS) is 33.4. The molecule has 2 fully saturated rings. The summed E-state index contributed by atoms with van der Waals surface area (Å²) < 4.78 is -1.54. The number of rotatable bonds is 7. The predicted molar refractivity (Wildman–Crippen MR) is 151 cm³/mol. The van der Waals surface area contributed by atoms with E-state index in [1.807, 2.05) is 68.2 Å². The third-order valence-corrected chi connectivity index (χ3v) is 10.5. The highest BCUT2D eigenvalue weighted by Crippen LogP contribution is 2.66. The first-order chi connectivity index (χ1) is 18.2. The van der Waals surface area contributed by atoms with Crippen LogP contribution in [0.25, 0.3) is 0 Å². The van der Waals surface area contributed by atoms with Crippen LogP contribution >= 0.6 is 11.8 Å². The zero-order chi connectivity index (χ0) is 27.2. The SMILES string of the molecule is CCCCN1CC=C[C@]23S[C@@]4(C)C=CCN(c5ccccc5)C(=O)[C@H]4[C@H]2C(=O)N([C@@H](CO)C(C)C)C3C1=O. The highest BCUT2D eigenvalue weighted by Gasteiger charge is 2.74. The van der Waals surface area contributed by atoms with E-state index >= 15 is 0 Å². The topological polar surface area (TPSA) is 81.2 Å². The molecule has 1 spiro atoms. The molecular formula is C30H39N3O4S. The van der Waals surface area contributed by atoms with Crippen molar-refractivity contribution < 1.29 is 19.5 Å². The molecule has 3 amide bonds. The molecule has 2 saturated heterocycles. The quantitative estimate of drug-likeness (QED) is 0.539. The molecular weight excluding hydrogens is 498 g/mol. The maximum Gasteiger partial charge on any atom is 0.247 e. The lowest BCUT2D eigenvalue weighted by molar-refractivity contribution is -0.146. The van der Waals surface area contributed by atoms with Crippen LogP contribution < -0.4 is 4.90 Å². The zero-order valence-electron chi connectivity index (χ0n) is 22.7. The standard InChI is InChI=1S/C30H39N3O4S/c1-5-6-16-31-17-11-15-30-24(27(36)33(25(30)28(31)37)22(19-34)20(2)3)23-26(35)32(21-12-8-7-9-13-21)18-10-14-29(23,4)38-30/h7-15,20,22-25,34H,5-6,16-19H2,1-4H3/t22-,23+,24-,25?,29-,30-/m0/s1. The van der Waals surface area contributed by atoms with Crippen LogP contribution in [0.5, 0.6) is 0 Å². The number of carbonyl (C=O) groups is 3. The van der Waals surface area contributed by atoms with Crippen molar-refractivity contribution in [1.82, 2.24) is 9.80 Å². The molecule has 6 atom stereocenters. The molecule has 4 aliphatic heterocycles. The molecule has 1 aromatic rings. The molecule has 4 heterocycles. The molecule has 0 radical (unpaired) electrons. The number of thioether (sulfide) groups is 1. The van der Waals surface area contributed by atoms with Gasteiger partial charge in [-0.2, -0.15) is 0 Å². The molecule has 1 aromatic carbocycles. The van der Waals surface area contributed by atoms with Gasteiger partial charge < -0.3 is 19.8 Å². The molecule has 38 heavy (non-hydrogen) atoms. The molecule has 0 saturated carbocycles. The summed E-state index contributed by atoms with van der Waals surface area (Å²) in [5.74, 6) is -1.77. The average molecular weight is 538 g/mol. The van der Waals surface area contributed by atoms with Crippen LogP contribution in [0.2, 0.25) is 0 Å². The van der Waals surface area contributed by atoms with E-state index in [0.717, 1.165) is 18.5 Å². The first kappa shape index (κ1) is 27.0. The Morgan fingerprint density at radius 2 is 1.71 bits per heavy atom.